The lowest BCUT2D eigenvalue weighted by Crippen LogP contribution is -2.53. The zero-order valence-corrected chi connectivity index (χ0v) is 22.4. The molecule has 2 fully saturated rings. The van der Waals surface area contributed by atoms with Crippen molar-refractivity contribution in [3.8, 4) is 5.69 Å². The Labute approximate surface area is 228 Å². The van der Waals surface area contributed by atoms with Crippen molar-refractivity contribution in [2.45, 2.75) is 37.3 Å². The van der Waals surface area contributed by atoms with Crippen LogP contribution in [-0.2, 0) is 14.6 Å². The Morgan fingerprint density at radius 1 is 0.974 bits per heavy atom. The van der Waals surface area contributed by atoms with Crippen LogP contribution >= 0.6 is 0 Å². The highest BCUT2D eigenvalue weighted by Gasteiger charge is 2.38. The second-order valence-electron chi connectivity index (χ2n) is 10.2. The third-order valence-electron chi connectivity index (χ3n) is 7.46. The van der Waals surface area contributed by atoms with E-state index >= 15 is 0 Å². The summed E-state index contributed by atoms with van der Waals surface area (Å²) in [4.78, 5) is 28.0. The lowest BCUT2D eigenvalue weighted by atomic mass is 10.1. The number of sulfone groups is 1. The summed E-state index contributed by atoms with van der Waals surface area (Å²) >= 11 is 0. The maximum atomic E-state index is 13.4. The van der Waals surface area contributed by atoms with Crippen LogP contribution in [0.4, 0.5) is 4.39 Å². The second-order valence-corrected chi connectivity index (χ2v) is 12.5. The molecule has 2 aliphatic rings. The summed E-state index contributed by atoms with van der Waals surface area (Å²) in [5, 5.41) is 6.40. The van der Waals surface area contributed by atoms with Gasteiger partial charge in [-0.2, -0.15) is 0 Å². The van der Waals surface area contributed by atoms with Crippen LogP contribution in [0.3, 0.4) is 0 Å². The van der Waals surface area contributed by atoms with Gasteiger partial charge in [-0.15, -0.1) is 0 Å². The van der Waals surface area contributed by atoms with Crippen LogP contribution < -0.4 is 10.6 Å². The van der Waals surface area contributed by atoms with Crippen LogP contribution in [0.25, 0.3) is 5.69 Å². The van der Waals surface area contributed by atoms with E-state index < -0.39 is 15.9 Å². The summed E-state index contributed by atoms with van der Waals surface area (Å²) < 4.78 is 38.8. The monoisotopic (exact) mass is 552 g/mol. The standard InChI is InChI=1S/C29H33FN4O4S/c30-23-9-5-21(6-10-23)25-20-27(25)31-13-3-4-26(29(36)34-16-18-39(37,38)19-17-34)32-28(35)22-7-11-24(12-8-22)33-14-1-2-15-33/h1-2,5-12,14-15,25-27,31H,3-4,13,16-20H2,(H,32,35)/t25-,26-,27?/m0/s1. The van der Waals surface area contributed by atoms with Crippen LogP contribution in [0.15, 0.2) is 73.1 Å². The molecular formula is C29H33FN4O4S. The van der Waals surface area contributed by atoms with E-state index in [4.69, 9.17) is 0 Å². The molecule has 1 saturated carbocycles. The maximum absolute atomic E-state index is 13.4. The van der Waals surface area contributed by atoms with Gasteiger partial charge in [-0.25, -0.2) is 12.8 Å². The molecule has 10 heteroatoms. The number of hydrogen-bond donors (Lipinski definition) is 2. The van der Waals surface area contributed by atoms with Gasteiger partial charge in [-0.3, -0.25) is 9.59 Å². The normalized spacial score (nSPS) is 20.8. The van der Waals surface area contributed by atoms with Crippen molar-refractivity contribution in [3.63, 3.8) is 0 Å². The molecule has 1 aromatic heterocycles. The van der Waals surface area contributed by atoms with Gasteiger partial charge in [0.25, 0.3) is 5.91 Å². The number of rotatable bonds is 10. The van der Waals surface area contributed by atoms with Crippen molar-refractivity contribution < 1.29 is 22.4 Å². The maximum Gasteiger partial charge on any atom is 0.251 e. The summed E-state index contributed by atoms with van der Waals surface area (Å²) in [7, 11) is -3.13. The predicted octanol–water partition coefficient (Wildman–Crippen LogP) is 2.90. The average molecular weight is 553 g/mol. The van der Waals surface area contributed by atoms with Crippen molar-refractivity contribution in [1.29, 1.82) is 0 Å². The summed E-state index contributed by atoms with van der Waals surface area (Å²) in [5.74, 6) is -0.610. The largest absolute Gasteiger partial charge is 0.340 e. The van der Waals surface area contributed by atoms with E-state index in [0.717, 1.165) is 17.7 Å². The quantitative estimate of drug-likeness (QED) is 0.377. The molecule has 0 spiro atoms. The van der Waals surface area contributed by atoms with Crippen molar-refractivity contribution in [2.75, 3.05) is 31.1 Å². The fraction of sp³-hybridized carbons (Fsp3) is 0.379. The molecular weight excluding hydrogens is 519 g/mol. The lowest BCUT2D eigenvalue weighted by molar-refractivity contribution is -0.133. The molecule has 3 atom stereocenters. The minimum absolute atomic E-state index is 0.0612. The molecule has 8 nitrogen and oxygen atoms in total. The fourth-order valence-corrected chi connectivity index (χ4v) is 6.24. The summed E-state index contributed by atoms with van der Waals surface area (Å²) in [6.07, 6.45) is 5.89. The molecule has 2 N–H and O–H groups in total. The molecule has 5 rings (SSSR count). The van der Waals surface area contributed by atoms with Gasteiger partial charge < -0.3 is 20.1 Å². The third kappa shape index (κ3) is 6.93. The number of amides is 2. The van der Waals surface area contributed by atoms with Crippen molar-refractivity contribution in [1.82, 2.24) is 20.1 Å². The number of nitrogens with one attached hydrogen (secondary N) is 2. The molecule has 1 unspecified atom stereocenters. The van der Waals surface area contributed by atoms with Gasteiger partial charge in [-0.05, 0) is 79.9 Å². The summed E-state index contributed by atoms with van der Waals surface area (Å²) in [6, 6.07) is 17.1. The number of nitrogens with zero attached hydrogens (tertiary/aromatic N) is 2. The minimum atomic E-state index is -3.13. The highest BCUT2D eigenvalue weighted by Crippen LogP contribution is 2.40. The number of halogens is 1. The van der Waals surface area contributed by atoms with Gasteiger partial charge in [0.2, 0.25) is 5.91 Å². The first-order valence-electron chi connectivity index (χ1n) is 13.3. The number of carbonyl (C=O) groups is 2. The van der Waals surface area contributed by atoms with E-state index in [1.165, 1.54) is 12.1 Å². The Morgan fingerprint density at radius 3 is 2.31 bits per heavy atom. The number of benzene rings is 2. The minimum Gasteiger partial charge on any atom is -0.340 e. The Balaban J connectivity index is 1.18. The smallest absolute Gasteiger partial charge is 0.251 e. The Morgan fingerprint density at radius 2 is 1.64 bits per heavy atom. The third-order valence-corrected chi connectivity index (χ3v) is 9.07. The van der Waals surface area contributed by atoms with Gasteiger partial charge in [0, 0.05) is 48.7 Å². The number of hydrogen-bond acceptors (Lipinski definition) is 5. The van der Waals surface area contributed by atoms with E-state index in [9.17, 15) is 22.4 Å². The second kappa shape index (κ2) is 11.7. The predicted molar refractivity (Wildman–Crippen MR) is 147 cm³/mol. The first-order valence-corrected chi connectivity index (χ1v) is 15.1. The van der Waals surface area contributed by atoms with Crippen LogP contribution in [0.5, 0.6) is 0 Å². The fourth-order valence-electron chi connectivity index (χ4n) is 5.04. The molecule has 0 radical (unpaired) electrons. The van der Waals surface area contributed by atoms with Gasteiger partial charge in [0.15, 0.2) is 9.84 Å². The van der Waals surface area contributed by atoms with Crippen molar-refractivity contribution in [2.24, 2.45) is 0 Å². The van der Waals surface area contributed by atoms with Crippen molar-refractivity contribution >= 4 is 21.7 Å². The van der Waals surface area contributed by atoms with E-state index in [1.807, 2.05) is 53.4 Å². The van der Waals surface area contributed by atoms with Crippen molar-refractivity contribution in [3.05, 3.63) is 90.0 Å². The summed E-state index contributed by atoms with van der Waals surface area (Å²) in [6.45, 7) is 0.944. The first kappa shape index (κ1) is 27.1. The molecule has 0 bridgehead atoms. The lowest BCUT2D eigenvalue weighted by Gasteiger charge is -2.30. The van der Waals surface area contributed by atoms with E-state index in [1.54, 1.807) is 17.0 Å². The van der Waals surface area contributed by atoms with Crippen LogP contribution in [0.1, 0.15) is 41.1 Å². The first-order chi connectivity index (χ1) is 18.8. The SMILES string of the molecule is O=C(N[C@@H](CCCNC1C[C@H]1c1ccc(F)cc1)C(=O)N1CCS(=O)(=O)CC1)c1ccc(-n2cccc2)cc1. The zero-order chi connectivity index (χ0) is 27.4. The van der Waals surface area contributed by atoms with Crippen LogP contribution in [-0.4, -0.2) is 72.9 Å². The van der Waals surface area contributed by atoms with E-state index in [2.05, 4.69) is 10.6 Å². The zero-order valence-electron chi connectivity index (χ0n) is 21.6. The molecule has 1 saturated heterocycles. The Kier molecular flexibility index (Phi) is 8.13. The number of carbonyl (C=O) groups excluding carboxylic acids is 2. The van der Waals surface area contributed by atoms with Crippen LogP contribution in [0, 0.1) is 5.82 Å². The molecule has 2 amide bonds. The van der Waals surface area contributed by atoms with Gasteiger partial charge in [0.05, 0.1) is 11.5 Å². The molecule has 206 valence electrons. The highest BCUT2D eigenvalue weighted by molar-refractivity contribution is 7.91. The van der Waals surface area contributed by atoms with E-state index in [0.29, 0.717) is 36.9 Å². The Bertz CT molecular complexity index is 1380. The molecule has 2 aromatic carbocycles. The molecule has 2 heterocycles. The highest BCUT2D eigenvalue weighted by atomic mass is 32.2. The summed E-state index contributed by atoms with van der Waals surface area (Å²) in [5.41, 5.74) is 2.48. The van der Waals surface area contributed by atoms with Gasteiger partial charge in [-0.1, -0.05) is 12.1 Å². The topological polar surface area (TPSA) is 101 Å². The molecule has 1 aliphatic carbocycles. The molecule has 3 aromatic rings. The molecule has 39 heavy (non-hydrogen) atoms. The van der Waals surface area contributed by atoms with Gasteiger partial charge in [0.1, 0.15) is 11.9 Å². The van der Waals surface area contributed by atoms with Crippen LogP contribution in [0.2, 0.25) is 0 Å². The Hall–Kier alpha value is -3.50. The van der Waals surface area contributed by atoms with E-state index in [-0.39, 0.29) is 42.2 Å². The number of aromatic nitrogens is 1. The average Bonchev–Trinajstić information content (AvgIpc) is 3.49. The molecule has 1 aliphatic heterocycles. The van der Waals surface area contributed by atoms with Gasteiger partial charge >= 0.3 is 0 Å².